The van der Waals surface area contributed by atoms with Gasteiger partial charge in [0.25, 0.3) is 0 Å². The van der Waals surface area contributed by atoms with Gasteiger partial charge in [0.05, 0.1) is 10.9 Å². The average molecular weight is 238 g/mol. The Kier molecular flexibility index (Phi) is 6.38. The molecule has 0 aliphatic heterocycles. The first-order valence-corrected chi connectivity index (χ1v) is 4.98. The highest BCUT2D eigenvalue weighted by Gasteiger charge is 2.12. The summed E-state index contributed by atoms with van der Waals surface area (Å²) < 4.78 is 4.98. The van der Waals surface area contributed by atoms with Crippen LogP contribution in [-0.4, -0.2) is 30.5 Å². The predicted octanol–water partition coefficient (Wildman–Crippen LogP) is 1.31. The van der Waals surface area contributed by atoms with Gasteiger partial charge in [-0.2, -0.15) is 0 Å². The Hall–Kier alpha value is -0.0900. The second-order valence-corrected chi connectivity index (χ2v) is 3.77. The SMILES string of the molecule is CCC(Br)C(=O)NCC(C)OC. The molecule has 0 aromatic carbocycles. The quantitative estimate of drug-likeness (QED) is 0.733. The zero-order valence-corrected chi connectivity index (χ0v) is 9.35. The first-order valence-electron chi connectivity index (χ1n) is 4.06. The third-order valence-electron chi connectivity index (χ3n) is 1.61. The van der Waals surface area contributed by atoms with Crippen LogP contribution in [0.15, 0.2) is 0 Å². The van der Waals surface area contributed by atoms with Crippen molar-refractivity contribution in [3.05, 3.63) is 0 Å². The van der Waals surface area contributed by atoms with Crippen molar-refractivity contribution < 1.29 is 9.53 Å². The fraction of sp³-hybridized carbons (Fsp3) is 0.875. The van der Waals surface area contributed by atoms with Crippen molar-refractivity contribution in [1.82, 2.24) is 5.32 Å². The number of rotatable bonds is 5. The van der Waals surface area contributed by atoms with Crippen LogP contribution in [0.25, 0.3) is 0 Å². The molecule has 0 radical (unpaired) electrons. The predicted molar refractivity (Wildman–Crippen MR) is 52.5 cm³/mol. The molecule has 1 amide bonds. The Morgan fingerprint density at radius 3 is 2.67 bits per heavy atom. The molecule has 0 aromatic rings. The maximum Gasteiger partial charge on any atom is 0.233 e. The van der Waals surface area contributed by atoms with E-state index in [1.165, 1.54) is 0 Å². The summed E-state index contributed by atoms with van der Waals surface area (Å²) >= 11 is 3.26. The Morgan fingerprint density at radius 2 is 2.25 bits per heavy atom. The molecule has 0 bridgehead atoms. The van der Waals surface area contributed by atoms with Crippen LogP contribution in [-0.2, 0) is 9.53 Å². The maximum absolute atomic E-state index is 11.2. The molecule has 0 heterocycles. The molecule has 72 valence electrons. The molecule has 0 rings (SSSR count). The van der Waals surface area contributed by atoms with E-state index in [4.69, 9.17) is 4.74 Å². The van der Waals surface area contributed by atoms with Crippen LogP contribution in [0, 0.1) is 0 Å². The molecule has 4 heteroatoms. The lowest BCUT2D eigenvalue weighted by Crippen LogP contribution is -2.36. The van der Waals surface area contributed by atoms with Gasteiger partial charge in [0.1, 0.15) is 0 Å². The molecule has 3 nitrogen and oxygen atoms in total. The van der Waals surface area contributed by atoms with Gasteiger partial charge in [0.2, 0.25) is 5.91 Å². The average Bonchev–Trinajstić information content (AvgIpc) is 2.11. The van der Waals surface area contributed by atoms with Crippen molar-refractivity contribution >= 4 is 21.8 Å². The van der Waals surface area contributed by atoms with Crippen molar-refractivity contribution in [2.24, 2.45) is 0 Å². The molecule has 0 aliphatic rings. The van der Waals surface area contributed by atoms with Crippen LogP contribution in [0.4, 0.5) is 0 Å². The van der Waals surface area contributed by atoms with Crippen LogP contribution in [0.1, 0.15) is 20.3 Å². The minimum Gasteiger partial charge on any atom is -0.380 e. The van der Waals surface area contributed by atoms with E-state index in [2.05, 4.69) is 21.2 Å². The van der Waals surface area contributed by atoms with Gasteiger partial charge in [-0.15, -0.1) is 0 Å². The van der Waals surface area contributed by atoms with Gasteiger partial charge in [0, 0.05) is 13.7 Å². The Labute approximate surface area is 82.0 Å². The first kappa shape index (κ1) is 11.9. The van der Waals surface area contributed by atoms with Crippen LogP contribution >= 0.6 is 15.9 Å². The number of hydrogen-bond donors (Lipinski definition) is 1. The fourth-order valence-electron chi connectivity index (χ4n) is 0.624. The molecule has 1 N–H and O–H groups in total. The van der Waals surface area contributed by atoms with Crippen LogP contribution in [0.5, 0.6) is 0 Å². The highest BCUT2D eigenvalue weighted by Crippen LogP contribution is 2.03. The van der Waals surface area contributed by atoms with Gasteiger partial charge in [0.15, 0.2) is 0 Å². The number of alkyl halides is 1. The van der Waals surface area contributed by atoms with E-state index in [1.807, 2.05) is 13.8 Å². The van der Waals surface area contributed by atoms with Gasteiger partial charge in [-0.1, -0.05) is 22.9 Å². The summed E-state index contributed by atoms with van der Waals surface area (Å²) in [5.41, 5.74) is 0. The molecular formula is C8H16BrNO2. The van der Waals surface area contributed by atoms with E-state index in [9.17, 15) is 4.79 Å². The molecule has 2 unspecified atom stereocenters. The lowest BCUT2D eigenvalue weighted by Gasteiger charge is -2.12. The smallest absolute Gasteiger partial charge is 0.233 e. The fourth-order valence-corrected chi connectivity index (χ4v) is 0.786. The van der Waals surface area contributed by atoms with Crippen molar-refractivity contribution in [2.45, 2.75) is 31.2 Å². The summed E-state index contributed by atoms with van der Waals surface area (Å²) in [6.45, 7) is 4.44. The third-order valence-corrected chi connectivity index (χ3v) is 2.67. The standard InChI is InChI=1S/C8H16BrNO2/c1-4-7(9)8(11)10-5-6(2)12-3/h6-7H,4-5H2,1-3H3,(H,10,11). The second kappa shape index (κ2) is 6.43. The highest BCUT2D eigenvalue weighted by atomic mass is 79.9. The Morgan fingerprint density at radius 1 is 1.67 bits per heavy atom. The number of ether oxygens (including phenoxy) is 1. The van der Waals surface area contributed by atoms with Gasteiger partial charge >= 0.3 is 0 Å². The van der Waals surface area contributed by atoms with Crippen molar-refractivity contribution in [1.29, 1.82) is 0 Å². The number of hydrogen-bond acceptors (Lipinski definition) is 2. The van der Waals surface area contributed by atoms with Crippen LogP contribution in [0.2, 0.25) is 0 Å². The van der Waals surface area contributed by atoms with Gasteiger partial charge in [-0.25, -0.2) is 0 Å². The van der Waals surface area contributed by atoms with Gasteiger partial charge < -0.3 is 10.1 Å². The lowest BCUT2D eigenvalue weighted by atomic mass is 10.3. The zero-order chi connectivity index (χ0) is 9.56. The van der Waals surface area contributed by atoms with Gasteiger partial charge in [-0.05, 0) is 13.3 Å². The molecule has 0 saturated heterocycles. The molecule has 0 saturated carbocycles. The number of nitrogens with one attached hydrogen (secondary N) is 1. The molecule has 2 atom stereocenters. The Bertz CT molecular complexity index is 141. The molecular weight excluding hydrogens is 222 g/mol. The van der Waals surface area contributed by atoms with Crippen molar-refractivity contribution in [3.8, 4) is 0 Å². The molecule has 0 fully saturated rings. The van der Waals surface area contributed by atoms with E-state index in [1.54, 1.807) is 7.11 Å². The molecule has 0 aromatic heterocycles. The number of carbonyl (C=O) groups is 1. The van der Waals surface area contributed by atoms with E-state index < -0.39 is 0 Å². The summed E-state index contributed by atoms with van der Waals surface area (Å²) in [6, 6.07) is 0. The van der Waals surface area contributed by atoms with E-state index in [-0.39, 0.29) is 16.8 Å². The first-order chi connectivity index (χ1) is 5.61. The number of carbonyl (C=O) groups excluding carboxylic acids is 1. The second-order valence-electron chi connectivity index (χ2n) is 2.67. The topological polar surface area (TPSA) is 38.3 Å². The Balaban J connectivity index is 3.56. The molecule has 12 heavy (non-hydrogen) atoms. The highest BCUT2D eigenvalue weighted by molar-refractivity contribution is 9.10. The van der Waals surface area contributed by atoms with E-state index >= 15 is 0 Å². The summed E-state index contributed by atoms with van der Waals surface area (Å²) in [5, 5.41) is 2.77. The van der Waals surface area contributed by atoms with E-state index in [0.29, 0.717) is 6.54 Å². The number of halogens is 1. The van der Waals surface area contributed by atoms with Crippen LogP contribution < -0.4 is 5.32 Å². The number of methoxy groups -OCH3 is 1. The third kappa shape index (κ3) is 4.72. The molecule has 0 aliphatic carbocycles. The minimum atomic E-state index is -0.0819. The summed E-state index contributed by atoms with van der Waals surface area (Å²) in [5.74, 6) is 0.0291. The molecule has 0 spiro atoms. The summed E-state index contributed by atoms with van der Waals surface area (Å²) in [4.78, 5) is 11.1. The summed E-state index contributed by atoms with van der Waals surface area (Å²) in [7, 11) is 1.63. The lowest BCUT2D eigenvalue weighted by molar-refractivity contribution is -0.121. The largest absolute Gasteiger partial charge is 0.380 e. The minimum absolute atomic E-state index is 0.0291. The zero-order valence-electron chi connectivity index (χ0n) is 7.76. The van der Waals surface area contributed by atoms with E-state index in [0.717, 1.165) is 6.42 Å². The summed E-state index contributed by atoms with van der Waals surface area (Å²) in [6.07, 6.45) is 0.873. The normalized spacial score (nSPS) is 15.3. The maximum atomic E-state index is 11.2. The monoisotopic (exact) mass is 237 g/mol. The van der Waals surface area contributed by atoms with Crippen molar-refractivity contribution in [3.63, 3.8) is 0 Å². The van der Waals surface area contributed by atoms with Crippen molar-refractivity contribution in [2.75, 3.05) is 13.7 Å². The van der Waals surface area contributed by atoms with Crippen LogP contribution in [0.3, 0.4) is 0 Å². The number of amides is 1. The van der Waals surface area contributed by atoms with Gasteiger partial charge in [-0.3, -0.25) is 4.79 Å².